The molecule has 1 aromatic carbocycles. The van der Waals surface area contributed by atoms with E-state index >= 15 is 0 Å². The predicted molar refractivity (Wildman–Crippen MR) is 77.4 cm³/mol. The minimum absolute atomic E-state index is 0.302. The number of ether oxygens (including phenoxy) is 2. The van der Waals surface area contributed by atoms with Gasteiger partial charge in [-0.15, -0.1) is 0 Å². The molecule has 1 saturated carbocycles. The maximum absolute atomic E-state index is 13.8. The molecule has 0 radical (unpaired) electrons. The normalized spacial score (nSPS) is 14.8. The molecule has 2 rings (SSSR count). The Balaban J connectivity index is 1.81. The van der Waals surface area contributed by atoms with Gasteiger partial charge in [0.25, 0.3) is 0 Å². The van der Waals surface area contributed by atoms with Gasteiger partial charge in [-0.1, -0.05) is 26.0 Å². The summed E-state index contributed by atoms with van der Waals surface area (Å²) in [6.07, 6.45) is 2.43. The van der Waals surface area contributed by atoms with E-state index in [-0.39, 0.29) is 5.82 Å². The van der Waals surface area contributed by atoms with Gasteiger partial charge in [-0.25, -0.2) is 4.39 Å². The Hall–Kier alpha value is -1.13. The Kier molecular flexibility index (Phi) is 5.80. The van der Waals surface area contributed by atoms with Crippen LogP contribution in [0.15, 0.2) is 18.2 Å². The van der Waals surface area contributed by atoms with Crippen molar-refractivity contribution in [1.29, 1.82) is 0 Å². The molecule has 0 heterocycles. The maximum atomic E-state index is 13.8. The van der Waals surface area contributed by atoms with Crippen molar-refractivity contribution in [2.45, 2.75) is 39.3 Å². The van der Waals surface area contributed by atoms with Gasteiger partial charge in [0.1, 0.15) is 6.61 Å². The molecule has 112 valence electrons. The van der Waals surface area contributed by atoms with E-state index in [0.717, 1.165) is 5.56 Å². The van der Waals surface area contributed by atoms with Crippen molar-refractivity contribution >= 4 is 0 Å². The van der Waals surface area contributed by atoms with E-state index in [0.29, 0.717) is 44.1 Å². The number of hydrogen-bond acceptors (Lipinski definition) is 3. The monoisotopic (exact) mass is 281 g/mol. The van der Waals surface area contributed by atoms with E-state index in [2.05, 4.69) is 19.2 Å². The lowest BCUT2D eigenvalue weighted by Gasteiger charge is -2.13. The summed E-state index contributed by atoms with van der Waals surface area (Å²) in [5.74, 6) is 0.555. The quantitative estimate of drug-likeness (QED) is 0.705. The van der Waals surface area contributed by atoms with E-state index in [1.54, 1.807) is 6.07 Å². The second-order valence-electron chi connectivity index (χ2n) is 5.70. The third-order valence-corrected chi connectivity index (χ3v) is 3.13. The molecule has 0 bridgehead atoms. The number of para-hydroxylation sites is 1. The molecule has 20 heavy (non-hydrogen) atoms. The second-order valence-corrected chi connectivity index (χ2v) is 5.70. The zero-order valence-corrected chi connectivity index (χ0v) is 12.3. The molecular formula is C16H24FNO2. The number of nitrogens with one attached hydrogen (secondary N) is 1. The van der Waals surface area contributed by atoms with E-state index in [1.807, 2.05) is 6.07 Å². The molecule has 3 nitrogen and oxygen atoms in total. The summed E-state index contributed by atoms with van der Waals surface area (Å²) in [4.78, 5) is 0. The van der Waals surface area contributed by atoms with Gasteiger partial charge >= 0.3 is 0 Å². The van der Waals surface area contributed by atoms with E-state index in [4.69, 9.17) is 9.47 Å². The third kappa shape index (κ3) is 5.10. The fourth-order valence-corrected chi connectivity index (χ4v) is 1.92. The van der Waals surface area contributed by atoms with Gasteiger partial charge in [-0.2, -0.15) is 0 Å². The molecule has 0 unspecified atom stereocenters. The van der Waals surface area contributed by atoms with Crippen LogP contribution < -0.4 is 10.1 Å². The average molecular weight is 281 g/mol. The van der Waals surface area contributed by atoms with Crippen molar-refractivity contribution in [2.75, 3.05) is 19.8 Å². The minimum Gasteiger partial charge on any atom is -0.488 e. The van der Waals surface area contributed by atoms with Crippen LogP contribution in [0.1, 0.15) is 32.3 Å². The number of benzene rings is 1. The molecule has 4 heteroatoms. The first kappa shape index (κ1) is 15.3. The molecule has 1 aromatic rings. The lowest BCUT2D eigenvalue weighted by Crippen LogP contribution is -2.17. The SMILES string of the molecule is CC(C)COCCOc1c(F)cccc1CNC1CC1. The number of hydrogen-bond donors (Lipinski definition) is 1. The maximum Gasteiger partial charge on any atom is 0.165 e. The van der Waals surface area contributed by atoms with Gasteiger partial charge < -0.3 is 14.8 Å². The van der Waals surface area contributed by atoms with Crippen molar-refractivity contribution in [1.82, 2.24) is 5.32 Å². The highest BCUT2D eigenvalue weighted by Gasteiger charge is 2.21. The number of halogens is 1. The summed E-state index contributed by atoms with van der Waals surface area (Å²) in [7, 11) is 0. The molecule has 1 aliphatic carbocycles. The first-order valence-corrected chi connectivity index (χ1v) is 7.38. The average Bonchev–Trinajstić information content (AvgIpc) is 3.22. The van der Waals surface area contributed by atoms with Gasteiger partial charge in [0, 0.05) is 24.8 Å². The van der Waals surface area contributed by atoms with Crippen molar-refractivity contribution in [2.24, 2.45) is 5.92 Å². The van der Waals surface area contributed by atoms with Gasteiger partial charge in [0.05, 0.1) is 6.61 Å². The first-order chi connectivity index (χ1) is 9.66. The molecular weight excluding hydrogens is 257 g/mol. The molecule has 0 saturated heterocycles. The summed E-state index contributed by atoms with van der Waals surface area (Å²) in [6, 6.07) is 5.66. The van der Waals surface area contributed by atoms with E-state index in [1.165, 1.54) is 18.9 Å². The topological polar surface area (TPSA) is 30.5 Å². The van der Waals surface area contributed by atoms with Crippen LogP contribution in [0.4, 0.5) is 4.39 Å². The van der Waals surface area contributed by atoms with Crippen LogP contribution in [0.2, 0.25) is 0 Å². The first-order valence-electron chi connectivity index (χ1n) is 7.38. The van der Waals surface area contributed by atoms with Crippen LogP contribution in [0.5, 0.6) is 5.75 Å². The molecule has 0 aromatic heterocycles. The molecule has 0 spiro atoms. The fourth-order valence-electron chi connectivity index (χ4n) is 1.92. The highest BCUT2D eigenvalue weighted by atomic mass is 19.1. The van der Waals surface area contributed by atoms with Crippen LogP contribution in [0, 0.1) is 11.7 Å². The summed E-state index contributed by atoms with van der Waals surface area (Å²) < 4.78 is 24.8. The zero-order chi connectivity index (χ0) is 14.4. The summed E-state index contributed by atoms with van der Waals surface area (Å²) >= 11 is 0. The van der Waals surface area contributed by atoms with Gasteiger partial charge in [-0.3, -0.25) is 0 Å². The van der Waals surface area contributed by atoms with E-state index in [9.17, 15) is 4.39 Å². The van der Waals surface area contributed by atoms with Crippen LogP contribution >= 0.6 is 0 Å². The summed E-state index contributed by atoms with van der Waals surface area (Å²) in [5, 5.41) is 3.38. The summed E-state index contributed by atoms with van der Waals surface area (Å²) in [5.41, 5.74) is 0.876. The molecule has 1 N–H and O–H groups in total. The zero-order valence-electron chi connectivity index (χ0n) is 12.3. The van der Waals surface area contributed by atoms with Crippen molar-refractivity contribution in [3.63, 3.8) is 0 Å². The minimum atomic E-state index is -0.302. The van der Waals surface area contributed by atoms with Gasteiger partial charge in [0.15, 0.2) is 11.6 Å². The molecule has 0 amide bonds. The largest absolute Gasteiger partial charge is 0.488 e. The Morgan fingerprint density at radius 2 is 2.10 bits per heavy atom. The Bertz CT molecular complexity index is 419. The fraction of sp³-hybridized carbons (Fsp3) is 0.625. The van der Waals surface area contributed by atoms with E-state index < -0.39 is 0 Å². The van der Waals surface area contributed by atoms with Crippen LogP contribution in [0.3, 0.4) is 0 Å². The Morgan fingerprint density at radius 1 is 1.30 bits per heavy atom. The van der Waals surface area contributed by atoms with Crippen LogP contribution in [-0.2, 0) is 11.3 Å². The van der Waals surface area contributed by atoms with Crippen LogP contribution in [0.25, 0.3) is 0 Å². The Morgan fingerprint density at radius 3 is 2.80 bits per heavy atom. The van der Waals surface area contributed by atoms with Gasteiger partial charge in [0.2, 0.25) is 0 Å². The molecule has 1 fully saturated rings. The van der Waals surface area contributed by atoms with Crippen molar-refractivity contribution < 1.29 is 13.9 Å². The smallest absolute Gasteiger partial charge is 0.165 e. The summed E-state index contributed by atoms with van der Waals surface area (Å²) in [6.45, 7) is 6.42. The molecule has 1 aliphatic rings. The molecule has 0 aliphatic heterocycles. The second kappa shape index (κ2) is 7.60. The lowest BCUT2D eigenvalue weighted by molar-refractivity contribution is 0.0804. The lowest BCUT2D eigenvalue weighted by atomic mass is 10.2. The predicted octanol–water partition coefficient (Wildman–Crippen LogP) is 3.13. The third-order valence-electron chi connectivity index (χ3n) is 3.13. The number of rotatable bonds is 9. The highest BCUT2D eigenvalue weighted by molar-refractivity contribution is 5.35. The highest BCUT2D eigenvalue weighted by Crippen LogP contribution is 2.25. The molecule has 0 atom stereocenters. The standard InChI is InChI=1S/C16H24FNO2/c1-12(2)11-19-8-9-20-16-13(4-3-5-15(16)17)10-18-14-6-7-14/h3-5,12,14,18H,6-11H2,1-2H3. The van der Waals surface area contributed by atoms with Crippen molar-refractivity contribution in [3.05, 3.63) is 29.6 Å². The van der Waals surface area contributed by atoms with Crippen molar-refractivity contribution in [3.8, 4) is 5.75 Å². The Labute approximate surface area is 120 Å². The van der Waals surface area contributed by atoms with Crippen LogP contribution in [-0.4, -0.2) is 25.9 Å². The van der Waals surface area contributed by atoms with Gasteiger partial charge in [-0.05, 0) is 24.8 Å².